The predicted octanol–water partition coefficient (Wildman–Crippen LogP) is 6.14. The Kier molecular flexibility index (Phi) is 14.9. The zero-order valence-electron chi connectivity index (χ0n) is 12.1. The lowest BCUT2D eigenvalue weighted by Gasteiger charge is -2.06. The second kappa shape index (κ2) is 14.7. The molecule has 1 unspecified atom stereocenters. The van der Waals surface area contributed by atoms with Crippen LogP contribution in [-0.4, -0.2) is 8.78 Å². The highest BCUT2D eigenvalue weighted by atomic mass is 32.2. The molecule has 0 aromatic heterocycles. The summed E-state index contributed by atoms with van der Waals surface area (Å²) in [5.41, 5.74) is 0. The number of thiol groups is 1. The summed E-state index contributed by atoms with van der Waals surface area (Å²) >= 11 is 10.4. The van der Waals surface area contributed by atoms with Crippen LogP contribution in [0.2, 0.25) is 0 Å². The molecule has 0 saturated carbocycles. The molecule has 0 amide bonds. The Morgan fingerprint density at radius 3 is 1.95 bits per heavy atom. The van der Waals surface area contributed by atoms with Crippen LogP contribution in [0.3, 0.4) is 0 Å². The van der Waals surface area contributed by atoms with Crippen LogP contribution in [0.1, 0.15) is 77.6 Å². The van der Waals surface area contributed by atoms with Gasteiger partial charge in [0.15, 0.2) is 0 Å². The number of unbranched alkanes of at least 4 members (excludes halogenated alkanes) is 9. The van der Waals surface area contributed by atoms with Gasteiger partial charge in [0.25, 0.3) is 0 Å². The molecule has 0 aliphatic rings. The quantitative estimate of drug-likeness (QED) is 0.266. The minimum atomic E-state index is -0.000885. The molecular weight excluding hydrogens is 290 g/mol. The van der Waals surface area contributed by atoms with Crippen LogP contribution < -0.4 is 0 Å². The Morgan fingerprint density at radius 1 is 1.05 bits per heavy atom. The van der Waals surface area contributed by atoms with Gasteiger partial charge in [0.1, 0.15) is 3.53 Å². The molecule has 0 aliphatic carbocycles. The van der Waals surface area contributed by atoms with Gasteiger partial charge >= 0.3 is 0 Å². The van der Waals surface area contributed by atoms with Crippen molar-refractivity contribution >= 4 is 40.1 Å². The zero-order chi connectivity index (χ0) is 14.3. The van der Waals surface area contributed by atoms with E-state index >= 15 is 0 Å². The van der Waals surface area contributed by atoms with Gasteiger partial charge < -0.3 is 0 Å². The van der Waals surface area contributed by atoms with E-state index in [0.717, 1.165) is 12.8 Å². The highest BCUT2D eigenvalue weighted by molar-refractivity contribution is 8.41. The molecule has 110 valence electrons. The molecule has 0 aliphatic heterocycles. The van der Waals surface area contributed by atoms with Crippen molar-refractivity contribution in [1.29, 1.82) is 5.26 Å². The van der Waals surface area contributed by atoms with E-state index in [1.54, 1.807) is 0 Å². The van der Waals surface area contributed by atoms with Crippen LogP contribution in [0.5, 0.6) is 0 Å². The van der Waals surface area contributed by atoms with Gasteiger partial charge in [-0.3, -0.25) is 0 Å². The van der Waals surface area contributed by atoms with Gasteiger partial charge in [0.05, 0.1) is 11.3 Å². The molecule has 0 fully saturated rings. The third-order valence-corrected chi connectivity index (χ3v) is 4.64. The Balaban J connectivity index is 3.26. The first-order chi connectivity index (χ1) is 9.20. The predicted molar refractivity (Wildman–Crippen MR) is 95.0 cm³/mol. The Bertz CT molecular complexity index is 261. The Morgan fingerprint density at radius 2 is 1.53 bits per heavy atom. The van der Waals surface area contributed by atoms with Crippen LogP contribution in [0.15, 0.2) is 0 Å². The maximum atomic E-state index is 8.95. The molecule has 1 nitrogen and oxygen atoms in total. The second-order valence-electron chi connectivity index (χ2n) is 4.97. The summed E-state index contributed by atoms with van der Waals surface area (Å²) in [6.45, 7) is 2.26. The van der Waals surface area contributed by atoms with E-state index < -0.39 is 0 Å². The van der Waals surface area contributed by atoms with Crippen LogP contribution in [0.25, 0.3) is 0 Å². The van der Waals surface area contributed by atoms with E-state index in [0.29, 0.717) is 3.53 Å². The van der Waals surface area contributed by atoms with Gasteiger partial charge in [-0.1, -0.05) is 95.1 Å². The largest absolute Gasteiger partial charge is 0.197 e. The van der Waals surface area contributed by atoms with Crippen molar-refractivity contribution in [2.75, 3.05) is 0 Å². The fourth-order valence-electron chi connectivity index (χ4n) is 2.09. The van der Waals surface area contributed by atoms with E-state index in [2.05, 4.69) is 25.6 Å². The van der Waals surface area contributed by atoms with Crippen molar-refractivity contribution in [1.82, 2.24) is 0 Å². The number of hydrogen-bond acceptors (Lipinski definition) is 3. The van der Waals surface area contributed by atoms with E-state index in [-0.39, 0.29) is 5.25 Å². The van der Waals surface area contributed by atoms with Gasteiger partial charge in [-0.15, -0.1) is 12.6 Å². The summed E-state index contributed by atoms with van der Waals surface area (Å²) in [6, 6.07) is 2.29. The topological polar surface area (TPSA) is 23.8 Å². The summed E-state index contributed by atoms with van der Waals surface area (Å²) in [7, 11) is 0. The molecule has 0 radical (unpaired) electrons. The minimum absolute atomic E-state index is 0.000885. The lowest BCUT2D eigenvalue weighted by atomic mass is 10.1. The summed E-state index contributed by atoms with van der Waals surface area (Å²) in [6.07, 6.45) is 14.3. The maximum Gasteiger partial charge on any atom is 0.102 e. The molecule has 0 bridgehead atoms. The summed E-state index contributed by atoms with van der Waals surface area (Å²) in [4.78, 5) is 0. The van der Waals surface area contributed by atoms with E-state index in [1.807, 2.05) is 0 Å². The van der Waals surface area contributed by atoms with Gasteiger partial charge in [0.2, 0.25) is 0 Å². The van der Waals surface area contributed by atoms with Crippen LogP contribution in [0.4, 0.5) is 0 Å². The molecule has 0 rings (SSSR count). The first-order valence-corrected chi connectivity index (χ1v) is 9.23. The molecule has 0 spiro atoms. The monoisotopic (exact) mass is 317 g/mol. The standard InChI is InChI=1S/C15H27NS3/c1-2-3-4-5-6-7-8-9-10-11-12-14(13-16)19-15(17)18/h14H,2-12H2,1H3,(H,17,18). The van der Waals surface area contributed by atoms with Gasteiger partial charge in [-0.25, -0.2) is 0 Å². The first-order valence-electron chi connectivity index (χ1n) is 7.50. The number of thiocarbonyl (C=S) groups is 1. The number of nitrogens with zero attached hydrogens (tertiary/aromatic N) is 1. The number of thioether (sulfide) groups is 1. The number of rotatable bonds is 12. The van der Waals surface area contributed by atoms with E-state index in [9.17, 15) is 0 Å². The minimum Gasteiger partial charge on any atom is -0.197 e. The Labute approximate surface area is 134 Å². The average molecular weight is 318 g/mol. The van der Waals surface area contributed by atoms with Crippen LogP contribution in [0, 0.1) is 11.3 Å². The summed E-state index contributed by atoms with van der Waals surface area (Å²) < 4.78 is 0.582. The molecule has 0 heterocycles. The van der Waals surface area contributed by atoms with Gasteiger partial charge in [-0.2, -0.15) is 5.26 Å². The lowest BCUT2D eigenvalue weighted by molar-refractivity contribution is 0.552. The first kappa shape index (κ1) is 19.3. The van der Waals surface area contributed by atoms with Crippen molar-refractivity contribution in [3.63, 3.8) is 0 Å². The summed E-state index contributed by atoms with van der Waals surface area (Å²) in [5, 5.41) is 8.95. The van der Waals surface area contributed by atoms with Crippen molar-refractivity contribution < 1.29 is 0 Å². The fourth-order valence-corrected chi connectivity index (χ4v) is 3.40. The third-order valence-electron chi connectivity index (χ3n) is 3.21. The molecule has 0 N–H and O–H groups in total. The smallest absolute Gasteiger partial charge is 0.102 e. The molecule has 4 heteroatoms. The molecule has 19 heavy (non-hydrogen) atoms. The van der Waals surface area contributed by atoms with E-state index in [4.69, 9.17) is 17.5 Å². The SMILES string of the molecule is CCCCCCCCCCCCC(C#N)SC(=S)S. The average Bonchev–Trinajstić information content (AvgIpc) is 2.39. The third kappa shape index (κ3) is 14.5. The number of hydrogen-bond donors (Lipinski definition) is 1. The van der Waals surface area contributed by atoms with Crippen molar-refractivity contribution in [2.24, 2.45) is 0 Å². The molecule has 0 aromatic carbocycles. The fraction of sp³-hybridized carbons (Fsp3) is 0.867. The van der Waals surface area contributed by atoms with E-state index in [1.165, 1.54) is 69.5 Å². The summed E-state index contributed by atoms with van der Waals surface area (Å²) in [5.74, 6) is 0. The highest BCUT2D eigenvalue weighted by Gasteiger charge is 2.08. The van der Waals surface area contributed by atoms with Crippen molar-refractivity contribution in [3.8, 4) is 6.07 Å². The maximum absolute atomic E-state index is 8.95. The van der Waals surface area contributed by atoms with Crippen molar-refractivity contribution in [3.05, 3.63) is 0 Å². The normalized spacial score (nSPS) is 12.1. The second-order valence-corrected chi connectivity index (χ2v) is 7.90. The molecule has 1 atom stereocenters. The number of nitriles is 1. The van der Waals surface area contributed by atoms with Gasteiger partial charge in [0, 0.05) is 0 Å². The van der Waals surface area contributed by atoms with Crippen LogP contribution >= 0.6 is 36.6 Å². The molecule has 0 saturated heterocycles. The Hall–Kier alpha value is 0.280. The molecular formula is C15H27NS3. The van der Waals surface area contributed by atoms with Crippen molar-refractivity contribution in [2.45, 2.75) is 82.8 Å². The van der Waals surface area contributed by atoms with Crippen LogP contribution in [-0.2, 0) is 0 Å². The lowest BCUT2D eigenvalue weighted by Crippen LogP contribution is -2.00. The molecule has 0 aromatic rings. The van der Waals surface area contributed by atoms with Gasteiger partial charge in [-0.05, 0) is 6.42 Å². The highest BCUT2D eigenvalue weighted by Crippen LogP contribution is 2.21. The zero-order valence-corrected chi connectivity index (χ0v) is 14.6.